The lowest BCUT2D eigenvalue weighted by atomic mass is 9.99. The van der Waals surface area contributed by atoms with Gasteiger partial charge in [-0.3, -0.25) is 4.79 Å². The van der Waals surface area contributed by atoms with Gasteiger partial charge in [-0.05, 0) is 79.5 Å². The van der Waals surface area contributed by atoms with Crippen LogP contribution in [0.4, 0.5) is 0 Å². The van der Waals surface area contributed by atoms with E-state index in [2.05, 4.69) is 57.7 Å². The summed E-state index contributed by atoms with van der Waals surface area (Å²) in [6, 6.07) is 20.8. The highest BCUT2D eigenvalue weighted by molar-refractivity contribution is 7.17. The van der Waals surface area contributed by atoms with Gasteiger partial charge in [-0.15, -0.1) is 11.3 Å². The summed E-state index contributed by atoms with van der Waals surface area (Å²) in [4.78, 5) is 13.6. The molecule has 36 heavy (non-hydrogen) atoms. The zero-order valence-corrected chi connectivity index (χ0v) is 21.4. The van der Waals surface area contributed by atoms with E-state index < -0.39 is 0 Å². The predicted molar refractivity (Wildman–Crippen MR) is 147 cm³/mol. The normalized spacial score (nSPS) is 14.6. The van der Waals surface area contributed by atoms with Gasteiger partial charge in [0.2, 0.25) is 5.78 Å². The van der Waals surface area contributed by atoms with Crippen LogP contribution in [0.2, 0.25) is 0 Å². The number of nitrogens with one attached hydrogen (secondary N) is 1. The highest BCUT2D eigenvalue weighted by Gasteiger charge is 2.21. The number of thiophene rings is 1. The average Bonchev–Trinajstić information content (AvgIpc) is 3.62. The van der Waals surface area contributed by atoms with E-state index in [1.165, 1.54) is 18.4 Å². The molecule has 0 saturated carbocycles. The molecular weight excluding hydrogens is 466 g/mol. The summed E-state index contributed by atoms with van der Waals surface area (Å²) in [5.41, 5.74) is 4.96. The van der Waals surface area contributed by atoms with Crippen molar-refractivity contribution < 1.29 is 9.53 Å². The number of para-hydroxylation sites is 1. The molecule has 0 radical (unpaired) electrons. The van der Waals surface area contributed by atoms with E-state index in [0.717, 1.165) is 70.8 Å². The molecule has 1 N–H and O–H groups in total. The quantitative estimate of drug-likeness (QED) is 0.266. The van der Waals surface area contributed by atoms with Crippen LogP contribution in [0.25, 0.3) is 21.1 Å². The lowest BCUT2D eigenvalue weighted by Gasteiger charge is -2.22. The van der Waals surface area contributed by atoms with Crippen molar-refractivity contribution in [2.24, 2.45) is 13.0 Å². The minimum atomic E-state index is 0.0751. The largest absolute Gasteiger partial charge is 0.493 e. The molecule has 184 valence electrons. The zero-order valence-electron chi connectivity index (χ0n) is 20.6. The number of piperidine rings is 1. The third kappa shape index (κ3) is 4.47. The maximum atomic E-state index is 13.6. The molecule has 2 aromatic carbocycles. The second-order valence-electron chi connectivity index (χ2n) is 9.74. The molecule has 1 fully saturated rings. The number of carbonyl (C=O) groups excluding carboxylic acids is 1. The van der Waals surface area contributed by atoms with Crippen LogP contribution >= 0.6 is 11.3 Å². The standard InChI is InChI=1S/C30H31N3O2S/c1-32-27-13-17-36-29(27)18-28(32)30(34)25-19-33(26-5-3-2-4-24(25)26)16-12-21-6-8-23(9-7-21)35-20-22-10-14-31-15-11-22/h2-9,13,17-19,22,31H,10-12,14-16,20H2,1H3. The molecule has 0 unspecified atom stereocenters. The van der Waals surface area contributed by atoms with Crippen molar-refractivity contribution in [2.45, 2.75) is 25.8 Å². The van der Waals surface area contributed by atoms with Gasteiger partial charge in [-0.1, -0.05) is 30.3 Å². The Kier molecular flexibility index (Phi) is 6.38. The van der Waals surface area contributed by atoms with Crippen molar-refractivity contribution in [1.29, 1.82) is 0 Å². The number of hydrogen-bond donors (Lipinski definition) is 1. The van der Waals surface area contributed by atoms with E-state index in [9.17, 15) is 4.79 Å². The summed E-state index contributed by atoms with van der Waals surface area (Å²) in [6.45, 7) is 3.80. The summed E-state index contributed by atoms with van der Waals surface area (Å²) in [5, 5.41) is 6.48. The summed E-state index contributed by atoms with van der Waals surface area (Å²) < 4.78 is 11.4. The van der Waals surface area contributed by atoms with Gasteiger partial charge in [0.1, 0.15) is 5.75 Å². The molecule has 1 aliphatic rings. The first-order valence-electron chi connectivity index (χ1n) is 12.8. The number of ketones is 1. The van der Waals surface area contributed by atoms with Crippen LogP contribution in [0.15, 0.2) is 72.2 Å². The molecule has 3 aromatic heterocycles. The van der Waals surface area contributed by atoms with Crippen LogP contribution in [0.3, 0.4) is 0 Å². The summed E-state index contributed by atoms with van der Waals surface area (Å²) in [7, 11) is 1.97. The van der Waals surface area contributed by atoms with Crippen molar-refractivity contribution in [3.63, 3.8) is 0 Å². The van der Waals surface area contributed by atoms with Crippen molar-refractivity contribution in [3.05, 3.63) is 89.1 Å². The molecule has 5 aromatic rings. The number of rotatable bonds is 8. The molecule has 0 amide bonds. The monoisotopic (exact) mass is 497 g/mol. The number of nitrogens with zero attached hydrogens (tertiary/aromatic N) is 2. The fourth-order valence-corrected chi connectivity index (χ4v) is 6.13. The fraction of sp³-hybridized carbons (Fsp3) is 0.300. The SMILES string of the molecule is Cn1c(C(=O)c2cn(CCc3ccc(OCC4CCNCC4)cc3)c3ccccc23)cc2sccc21. The highest BCUT2D eigenvalue weighted by Crippen LogP contribution is 2.29. The van der Waals surface area contributed by atoms with Gasteiger partial charge in [0, 0.05) is 36.3 Å². The van der Waals surface area contributed by atoms with E-state index in [-0.39, 0.29) is 5.78 Å². The van der Waals surface area contributed by atoms with Gasteiger partial charge in [0.05, 0.1) is 22.5 Å². The molecule has 0 spiro atoms. The molecule has 0 atom stereocenters. The maximum Gasteiger partial charge on any atom is 0.211 e. The lowest BCUT2D eigenvalue weighted by Crippen LogP contribution is -2.30. The van der Waals surface area contributed by atoms with Crippen molar-refractivity contribution in [3.8, 4) is 5.75 Å². The Bertz CT molecular complexity index is 1500. The second kappa shape index (κ2) is 9.96. The number of aryl methyl sites for hydroxylation is 3. The molecule has 6 heteroatoms. The van der Waals surface area contributed by atoms with Gasteiger partial charge in [-0.25, -0.2) is 0 Å². The van der Waals surface area contributed by atoms with Crippen molar-refractivity contribution in [1.82, 2.24) is 14.5 Å². The Morgan fingerprint density at radius 3 is 2.67 bits per heavy atom. The highest BCUT2D eigenvalue weighted by atomic mass is 32.1. The number of aromatic nitrogens is 2. The average molecular weight is 498 g/mol. The van der Waals surface area contributed by atoms with Gasteiger partial charge in [-0.2, -0.15) is 0 Å². The van der Waals surface area contributed by atoms with Crippen LogP contribution in [0, 0.1) is 5.92 Å². The third-order valence-corrected chi connectivity index (χ3v) is 8.29. The minimum absolute atomic E-state index is 0.0751. The first-order chi connectivity index (χ1) is 17.7. The number of carbonyl (C=O) groups is 1. The smallest absolute Gasteiger partial charge is 0.211 e. The van der Waals surface area contributed by atoms with Gasteiger partial charge >= 0.3 is 0 Å². The number of benzene rings is 2. The van der Waals surface area contributed by atoms with Crippen LogP contribution < -0.4 is 10.1 Å². The second-order valence-corrected chi connectivity index (χ2v) is 10.7. The van der Waals surface area contributed by atoms with Gasteiger partial charge in [0.15, 0.2) is 0 Å². The minimum Gasteiger partial charge on any atom is -0.493 e. The first-order valence-corrected chi connectivity index (χ1v) is 13.6. The molecule has 0 bridgehead atoms. The van der Waals surface area contributed by atoms with Gasteiger partial charge in [0.25, 0.3) is 0 Å². The molecule has 1 aliphatic heterocycles. The number of fused-ring (bicyclic) bond motifs is 2. The van der Waals surface area contributed by atoms with E-state index in [1.807, 2.05) is 36.0 Å². The predicted octanol–water partition coefficient (Wildman–Crippen LogP) is 6.05. The van der Waals surface area contributed by atoms with Crippen LogP contribution in [-0.4, -0.2) is 34.6 Å². The topological polar surface area (TPSA) is 48.2 Å². The van der Waals surface area contributed by atoms with Gasteiger partial charge < -0.3 is 19.2 Å². The number of ether oxygens (including phenoxy) is 1. The molecular formula is C30H31N3O2S. The van der Waals surface area contributed by atoms with Crippen molar-refractivity contribution >= 4 is 38.2 Å². The Morgan fingerprint density at radius 2 is 1.86 bits per heavy atom. The molecule has 4 heterocycles. The van der Waals surface area contributed by atoms with E-state index in [1.54, 1.807) is 11.3 Å². The maximum absolute atomic E-state index is 13.6. The van der Waals surface area contributed by atoms with Crippen LogP contribution in [0.1, 0.15) is 34.5 Å². The summed E-state index contributed by atoms with van der Waals surface area (Å²) in [6.07, 6.45) is 5.30. The van der Waals surface area contributed by atoms with E-state index in [0.29, 0.717) is 5.92 Å². The Labute approximate surface area is 215 Å². The summed E-state index contributed by atoms with van der Waals surface area (Å²) in [5.74, 6) is 1.67. The van der Waals surface area contributed by atoms with Crippen molar-refractivity contribution in [2.75, 3.05) is 19.7 Å². The molecule has 6 rings (SSSR count). The van der Waals surface area contributed by atoms with E-state index in [4.69, 9.17) is 4.74 Å². The lowest BCUT2D eigenvalue weighted by molar-refractivity contribution is 0.103. The Balaban J connectivity index is 1.17. The molecule has 5 nitrogen and oxygen atoms in total. The zero-order chi connectivity index (χ0) is 24.5. The fourth-order valence-electron chi connectivity index (χ4n) is 5.28. The Morgan fingerprint density at radius 1 is 1.06 bits per heavy atom. The van der Waals surface area contributed by atoms with Crippen LogP contribution in [0.5, 0.6) is 5.75 Å². The molecule has 1 saturated heterocycles. The summed E-state index contributed by atoms with van der Waals surface area (Å²) >= 11 is 1.67. The van der Waals surface area contributed by atoms with Crippen LogP contribution in [-0.2, 0) is 20.0 Å². The number of hydrogen-bond acceptors (Lipinski definition) is 4. The first kappa shape index (κ1) is 23.1. The Hall–Kier alpha value is -3.35. The van der Waals surface area contributed by atoms with E-state index >= 15 is 0 Å². The molecule has 0 aliphatic carbocycles. The third-order valence-electron chi connectivity index (χ3n) is 7.44.